The second kappa shape index (κ2) is 9.88. The van der Waals surface area contributed by atoms with Crippen molar-refractivity contribution < 1.29 is 0 Å². The van der Waals surface area contributed by atoms with Gasteiger partial charge in [0.25, 0.3) is 0 Å². The first-order valence-corrected chi connectivity index (χ1v) is 10.5. The van der Waals surface area contributed by atoms with Crippen LogP contribution in [0.4, 0.5) is 11.4 Å². The molecule has 0 unspecified atom stereocenters. The Balaban J connectivity index is 1.69. The summed E-state index contributed by atoms with van der Waals surface area (Å²) >= 11 is 12.8. The van der Waals surface area contributed by atoms with Gasteiger partial charge in [0.15, 0.2) is 0 Å². The summed E-state index contributed by atoms with van der Waals surface area (Å²) in [5.74, 6) is 0. The van der Waals surface area contributed by atoms with Crippen LogP contribution in [0.3, 0.4) is 0 Å². The van der Waals surface area contributed by atoms with Crippen LogP contribution in [0, 0.1) is 0 Å². The first-order valence-electron chi connectivity index (χ1n) is 9.73. The molecule has 0 aliphatic carbocycles. The van der Waals surface area contributed by atoms with E-state index in [0.717, 1.165) is 43.7 Å². The summed E-state index contributed by atoms with van der Waals surface area (Å²) in [4.78, 5) is 4.07. The molecule has 0 aliphatic rings. The smallest absolute Gasteiger partial charge is 0.0498 e. The zero-order valence-corrected chi connectivity index (χ0v) is 19.2. The minimum absolute atomic E-state index is 0.745. The quantitative estimate of drug-likeness (QED) is 0.369. The number of benzene rings is 3. The van der Waals surface area contributed by atoms with E-state index in [1.807, 2.05) is 74.4 Å². The van der Waals surface area contributed by atoms with Gasteiger partial charge in [0.2, 0.25) is 0 Å². The maximum atomic E-state index is 6.40. The van der Waals surface area contributed by atoms with Crippen molar-refractivity contribution in [1.82, 2.24) is 0 Å². The summed E-state index contributed by atoms with van der Waals surface area (Å²) in [6, 6.07) is 20.5. The van der Waals surface area contributed by atoms with Gasteiger partial charge in [0.05, 0.1) is 0 Å². The highest BCUT2D eigenvalue weighted by atomic mass is 35.5. The monoisotopic (exact) mass is 436 g/mol. The van der Waals surface area contributed by atoms with E-state index in [1.54, 1.807) is 0 Å². The van der Waals surface area contributed by atoms with Gasteiger partial charge < -0.3 is 9.80 Å². The summed E-state index contributed by atoms with van der Waals surface area (Å²) in [6.45, 7) is 0. The standard InChI is InChI=1S/C26H26Cl2N2/c1-29(2)23-15-13-21(25(27)17-23)11-9-19-5-7-20(8-6-19)10-12-22-14-16-24(30(3)4)18-26(22)28/h5-18H,1-4H3. The van der Waals surface area contributed by atoms with E-state index in [9.17, 15) is 0 Å². The molecule has 0 aliphatic heterocycles. The van der Waals surface area contributed by atoms with Crippen molar-refractivity contribution in [2.75, 3.05) is 38.0 Å². The summed E-state index contributed by atoms with van der Waals surface area (Å²) in [7, 11) is 8.02. The predicted molar refractivity (Wildman–Crippen MR) is 136 cm³/mol. The van der Waals surface area contributed by atoms with Gasteiger partial charge in [-0.1, -0.05) is 83.9 Å². The van der Waals surface area contributed by atoms with Crippen molar-refractivity contribution in [3.63, 3.8) is 0 Å². The molecule has 0 heterocycles. The minimum atomic E-state index is 0.745. The number of hydrogen-bond donors (Lipinski definition) is 0. The average Bonchev–Trinajstić information content (AvgIpc) is 2.72. The summed E-state index contributed by atoms with van der Waals surface area (Å²) < 4.78 is 0. The third-order valence-corrected chi connectivity index (χ3v) is 5.50. The van der Waals surface area contributed by atoms with E-state index in [0.29, 0.717) is 0 Å². The van der Waals surface area contributed by atoms with Crippen LogP contribution in [0.2, 0.25) is 10.0 Å². The van der Waals surface area contributed by atoms with Crippen molar-refractivity contribution in [3.8, 4) is 0 Å². The Labute approximate surface area is 189 Å². The van der Waals surface area contributed by atoms with E-state index in [-0.39, 0.29) is 0 Å². The van der Waals surface area contributed by atoms with E-state index in [4.69, 9.17) is 23.2 Å². The molecule has 0 atom stereocenters. The van der Waals surface area contributed by atoms with Crippen LogP contribution in [0.1, 0.15) is 22.3 Å². The SMILES string of the molecule is CN(C)c1ccc(C=Cc2ccc(C=Cc3ccc(N(C)C)cc3Cl)cc2)c(Cl)c1. The van der Waals surface area contributed by atoms with Gasteiger partial charge in [0, 0.05) is 49.6 Å². The van der Waals surface area contributed by atoms with Gasteiger partial charge in [0.1, 0.15) is 0 Å². The van der Waals surface area contributed by atoms with Gasteiger partial charge in [-0.25, -0.2) is 0 Å². The van der Waals surface area contributed by atoms with E-state index >= 15 is 0 Å². The van der Waals surface area contributed by atoms with Crippen LogP contribution < -0.4 is 9.80 Å². The van der Waals surface area contributed by atoms with Crippen molar-refractivity contribution in [2.45, 2.75) is 0 Å². The molecule has 2 nitrogen and oxygen atoms in total. The molecule has 0 saturated carbocycles. The lowest BCUT2D eigenvalue weighted by Gasteiger charge is -2.13. The topological polar surface area (TPSA) is 6.48 Å². The largest absolute Gasteiger partial charge is 0.378 e. The number of halogens is 2. The molecule has 3 aromatic rings. The number of nitrogens with zero attached hydrogens (tertiary/aromatic N) is 2. The molecule has 0 bridgehead atoms. The molecular formula is C26H26Cl2N2. The van der Waals surface area contributed by atoms with Gasteiger partial charge in [-0.15, -0.1) is 0 Å². The highest BCUT2D eigenvalue weighted by Gasteiger charge is 2.02. The second-order valence-electron chi connectivity index (χ2n) is 7.53. The summed E-state index contributed by atoms with van der Waals surface area (Å²) in [6.07, 6.45) is 8.22. The molecule has 0 aromatic heterocycles. The Hall–Kier alpha value is -2.68. The first kappa shape index (κ1) is 22.0. The van der Waals surface area contributed by atoms with Gasteiger partial charge >= 0.3 is 0 Å². The molecule has 3 rings (SSSR count). The third kappa shape index (κ3) is 5.69. The molecular weight excluding hydrogens is 411 g/mol. The fourth-order valence-corrected chi connectivity index (χ4v) is 3.42. The molecule has 0 spiro atoms. The molecule has 154 valence electrons. The van der Waals surface area contributed by atoms with Crippen molar-refractivity contribution >= 4 is 58.9 Å². The fourth-order valence-electron chi connectivity index (χ4n) is 2.95. The molecule has 0 radical (unpaired) electrons. The Morgan fingerprint density at radius 1 is 0.533 bits per heavy atom. The van der Waals surface area contributed by atoms with Crippen LogP contribution in [0.25, 0.3) is 24.3 Å². The lowest BCUT2D eigenvalue weighted by atomic mass is 10.1. The van der Waals surface area contributed by atoms with Crippen molar-refractivity contribution in [1.29, 1.82) is 0 Å². The van der Waals surface area contributed by atoms with Crippen LogP contribution in [0.5, 0.6) is 0 Å². The number of hydrogen-bond acceptors (Lipinski definition) is 2. The molecule has 0 amide bonds. The normalized spacial score (nSPS) is 11.4. The van der Waals surface area contributed by atoms with E-state index < -0.39 is 0 Å². The van der Waals surface area contributed by atoms with Crippen LogP contribution >= 0.6 is 23.2 Å². The second-order valence-corrected chi connectivity index (χ2v) is 8.35. The van der Waals surface area contributed by atoms with Gasteiger partial charge in [-0.3, -0.25) is 0 Å². The molecule has 30 heavy (non-hydrogen) atoms. The maximum absolute atomic E-state index is 6.40. The number of anilines is 2. The van der Waals surface area contributed by atoms with Crippen molar-refractivity contribution in [3.05, 3.63) is 93.0 Å². The fraction of sp³-hybridized carbons (Fsp3) is 0.154. The Morgan fingerprint density at radius 3 is 1.20 bits per heavy atom. The van der Waals surface area contributed by atoms with Crippen LogP contribution in [0.15, 0.2) is 60.7 Å². The molecule has 3 aromatic carbocycles. The average molecular weight is 437 g/mol. The van der Waals surface area contributed by atoms with E-state index in [2.05, 4.69) is 48.6 Å². The first-order chi connectivity index (χ1) is 14.3. The van der Waals surface area contributed by atoms with Gasteiger partial charge in [-0.2, -0.15) is 0 Å². The summed E-state index contributed by atoms with van der Waals surface area (Å²) in [5.41, 5.74) is 6.42. The number of rotatable bonds is 6. The van der Waals surface area contributed by atoms with Crippen LogP contribution in [-0.4, -0.2) is 28.2 Å². The minimum Gasteiger partial charge on any atom is -0.378 e. The molecule has 0 N–H and O–H groups in total. The Kier molecular flexibility index (Phi) is 7.25. The zero-order chi connectivity index (χ0) is 21.7. The van der Waals surface area contributed by atoms with Gasteiger partial charge in [-0.05, 0) is 46.5 Å². The highest BCUT2D eigenvalue weighted by molar-refractivity contribution is 6.32. The lowest BCUT2D eigenvalue weighted by molar-refractivity contribution is 1.13. The molecule has 0 fully saturated rings. The lowest BCUT2D eigenvalue weighted by Crippen LogP contribution is -2.08. The third-order valence-electron chi connectivity index (χ3n) is 4.85. The van der Waals surface area contributed by atoms with Crippen molar-refractivity contribution in [2.24, 2.45) is 0 Å². The summed E-state index contributed by atoms with van der Waals surface area (Å²) in [5, 5.41) is 1.49. The Morgan fingerprint density at radius 2 is 0.900 bits per heavy atom. The molecule has 0 saturated heterocycles. The Bertz CT molecular complexity index is 978. The molecule has 4 heteroatoms. The zero-order valence-electron chi connectivity index (χ0n) is 17.7. The van der Waals surface area contributed by atoms with Crippen LogP contribution in [-0.2, 0) is 0 Å². The van der Waals surface area contributed by atoms with E-state index in [1.165, 1.54) is 0 Å². The highest BCUT2D eigenvalue weighted by Crippen LogP contribution is 2.26. The predicted octanol–water partition coefficient (Wildman–Crippen LogP) is 7.47. The maximum Gasteiger partial charge on any atom is 0.0498 e.